The van der Waals surface area contributed by atoms with E-state index >= 15 is 0 Å². The summed E-state index contributed by atoms with van der Waals surface area (Å²) in [5, 5.41) is 0.661. The zero-order valence-electron chi connectivity index (χ0n) is 10.3. The van der Waals surface area contributed by atoms with Gasteiger partial charge in [-0.1, -0.05) is 36.9 Å². The van der Waals surface area contributed by atoms with Gasteiger partial charge < -0.3 is 10.5 Å². The van der Waals surface area contributed by atoms with Crippen LogP contribution in [0.25, 0.3) is 0 Å². The van der Waals surface area contributed by atoms with Crippen LogP contribution in [0, 0.1) is 5.92 Å². The molecule has 1 saturated carbocycles. The molecule has 94 valence electrons. The molecule has 3 heteroatoms. The highest BCUT2D eigenvalue weighted by molar-refractivity contribution is 6.32. The fourth-order valence-electron chi connectivity index (χ4n) is 2.03. The van der Waals surface area contributed by atoms with Crippen LogP contribution in [-0.4, -0.2) is 6.61 Å². The first-order valence-electron chi connectivity index (χ1n) is 6.34. The third kappa shape index (κ3) is 3.36. The van der Waals surface area contributed by atoms with Crippen molar-refractivity contribution in [1.29, 1.82) is 0 Å². The second-order valence-electron chi connectivity index (χ2n) is 4.91. The summed E-state index contributed by atoms with van der Waals surface area (Å²) in [6, 6.07) is 5.80. The lowest BCUT2D eigenvalue weighted by molar-refractivity contribution is 0.222. The van der Waals surface area contributed by atoms with Crippen LogP contribution in [0.4, 0.5) is 0 Å². The molecule has 17 heavy (non-hydrogen) atoms. The van der Waals surface area contributed by atoms with E-state index in [1.165, 1.54) is 19.3 Å². The Morgan fingerprint density at radius 1 is 1.47 bits per heavy atom. The molecule has 1 aromatic carbocycles. The molecule has 1 atom stereocenters. The molecule has 1 aliphatic rings. The van der Waals surface area contributed by atoms with Crippen LogP contribution in [0.1, 0.15) is 44.2 Å². The van der Waals surface area contributed by atoms with Crippen LogP contribution >= 0.6 is 11.6 Å². The molecule has 0 saturated heterocycles. The Kier molecular flexibility index (Phi) is 4.30. The van der Waals surface area contributed by atoms with Gasteiger partial charge in [0.25, 0.3) is 0 Å². The highest BCUT2D eigenvalue weighted by Crippen LogP contribution is 2.31. The van der Waals surface area contributed by atoms with Gasteiger partial charge in [0.05, 0.1) is 11.6 Å². The number of ether oxygens (including phenoxy) is 1. The SMILES string of the molecule is C[C@@H](N)c1ccc(OCCC2CCC2)c(Cl)c1. The van der Waals surface area contributed by atoms with Gasteiger partial charge in [-0.15, -0.1) is 0 Å². The maximum absolute atomic E-state index is 6.16. The average molecular weight is 254 g/mol. The van der Waals surface area contributed by atoms with E-state index in [1.807, 2.05) is 25.1 Å². The summed E-state index contributed by atoms with van der Waals surface area (Å²) in [6.45, 7) is 2.71. The second-order valence-corrected chi connectivity index (χ2v) is 5.32. The van der Waals surface area contributed by atoms with E-state index in [9.17, 15) is 0 Å². The molecule has 0 heterocycles. The predicted molar refractivity (Wildman–Crippen MR) is 71.5 cm³/mol. The van der Waals surface area contributed by atoms with E-state index in [0.717, 1.165) is 30.3 Å². The Morgan fingerprint density at radius 3 is 2.76 bits per heavy atom. The van der Waals surface area contributed by atoms with Crippen molar-refractivity contribution in [2.24, 2.45) is 11.7 Å². The molecule has 1 fully saturated rings. The number of halogens is 1. The fraction of sp³-hybridized carbons (Fsp3) is 0.571. The molecule has 2 rings (SSSR count). The first kappa shape index (κ1) is 12.7. The summed E-state index contributed by atoms with van der Waals surface area (Å²) in [6.07, 6.45) is 5.25. The minimum absolute atomic E-state index is 0.0107. The van der Waals surface area contributed by atoms with Gasteiger partial charge in [0.1, 0.15) is 5.75 Å². The molecule has 0 unspecified atom stereocenters. The summed E-state index contributed by atoms with van der Waals surface area (Å²) in [5.74, 6) is 1.65. The molecule has 1 aliphatic carbocycles. The summed E-state index contributed by atoms with van der Waals surface area (Å²) in [4.78, 5) is 0. The van der Waals surface area contributed by atoms with Gasteiger partial charge in [0.15, 0.2) is 0 Å². The maximum atomic E-state index is 6.16. The van der Waals surface area contributed by atoms with E-state index in [-0.39, 0.29) is 6.04 Å². The largest absolute Gasteiger partial charge is 0.492 e. The summed E-state index contributed by atoms with van der Waals surface area (Å²) in [7, 11) is 0. The predicted octanol–water partition coefficient (Wildman–Crippen LogP) is 3.93. The van der Waals surface area contributed by atoms with E-state index in [0.29, 0.717) is 5.02 Å². The smallest absolute Gasteiger partial charge is 0.137 e. The molecule has 0 amide bonds. The molecule has 0 aromatic heterocycles. The quantitative estimate of drug-likeness (QED) is 0.863. The third-order valence-corrected chi connectivity index (χ3v) is 3.79. The van der Waals surface area contributed by atoms with Crippen molar-refractivity contribution in [1.82, 2.24) is 0 Å². The minimum atomic E-state index is 0.0107. The van der Waals surface area contributed by atoms with Crippen molar-refractivity contribution < 1.29 is 4.74 Å². The molecule has 1 aromatic rings. The topological polar surface area (TPSA) is 35.2 Å². The molecule has 0 bridgehead atoms. The Balaban J connectivity index is 1.87. The summed E-state index contributed by atoms with van der Waals surface area (Å²) in [5.41, 5.74) is 6.84. The third-order valence-electron chi connectivity index (χ3n) is 3.49. The Hall–Kier alpha value is -0.730. The Labute approximate surface area is 108 Å². The lowest BCUT2D eigenvalue weighted by atomic mass is 9.83. The molecular formula is C14H20ClNO. The highest BCUT2D eigenvalue weighted by Gasteiger charge is 2.17. The zero-order valence-corrected chi connectivity index (χ0v) is 11.0. The number of nitrogens with two attached hydrogens (primary N) is 1. The first-order valence-corrected chi connectivity index (χ1v) is 6.72. The lowest BCUT2D eigenvalue weighted by Crippen LogP contribution is -2.14. The average Bonchev–Trinajstić information content (AvgIpc) is 2.23. The van der Waals surface area contributed by atoms with Crippen LogP contribution in [-0.2, 0) is 0 Å². The zero-order chi connectivity index (χ0) is 12.3. The standard InChI is InChI=1S/C14H20ClNO/c1-10(16)12-5-6-14(13(15)9-12)17-8-7-11-3-2-4-11/h5-6,9-11H,2-4,7-8,16H2,1H3/t10-/m1/s1. The summed E-state index contributed by atoms with van der Waals surface area (Å²) < 4.78 is 5.71. The Morgan fingerprint density at radius 2 is 2.24 bits per heavy atom. The normalized spacial score (nSPS) is 17.6. The van der Waals surface area contributed by atoms with Crippen molar-refractivity contribution in [3.63, 3.8) is 0 Å². The number of hydrogen-bond donors (Lipinski definition) is 1. The number of benzene rings is 1. The van der Waals surface area contributed by atoms with Gasteiger partial charge in [-0.3, -0.25) is 0 Å². The summed E-state index contributed by atoms with van der Waals surface area (Å²) >= 11 is 6.16. The van der Waals surface area contributed by atoms with Crippen LogP contribution in [0.3, 0.4) is 0 Å². The molecule has 0 aliphatic heterocycles. The molecule has 2 N–H and O–H groups in total. The van der Waals surface area contributed by atoms with Gasteiger partial charge in [0.2, 0.25) is 0 Å². The first-order chi connectivity index (χ1) is 8.16. The van der Waals surface area contributed by atoms with Crippen LogP contribution in [0.15, 0.2) is 18.2 Å². The highest BCUT2D eigenvalue weighted by atomic mass is 35.5. The number of rotatable bonds is 5. The van der Waals surface area contributed by atoms with E-state index < -0.39 is 0 Å². The molecular weight excluding hydrogens is 234 g/mol. The molecule has 0 radical (unpaired) electrons. The van der Waals surface area contributed by atoms with Crippen molar-refractivity contribution in [2.45, 2.75) is 38.6 Å². The van der Waals surface area contributed by atoms with Gasteiger partial charge in [0, 0.05) is 6.04 Å². The van der Waals surface area contributed by atoms with Gasteiger partial charge in [-0.2, -0.15) is 0 Å². The molecule has 0 spiro atoms. The minimum Gasteiger partial charge on any atom is -0.492 e. The van der Waals surface area contributed by atoms with E-state index in [4.69, 9.17) is 22.1 Å². The lowest BCUT2D eigenvalue weighted by Gasteiger charge is -2.25. The second kappa shape index (κ2) is 5.74. The monoisotopic (exact) mass is 253 g/mol. The van der Waals surface area contributed by atoms with E-state index in [1.54, 1.807) is 0 Å². The molecule has 2 nitrogen and oxygen atoms in total. The van der Waals surface area contributed by atoms with Gasteiger partial charge >= 0.3 is 0 Å². The van der Waals surface area contributed by atoms with Crippen LogP contribution in [0.2, 0.25) is 5.02 Å². The fourth-order valence-corrected chi connectivity index (χ4v) is 2.28. The van der Waals surface area contributed by atoms with E-state index in [2.05, 4.69) is 0 Å². The maximum Gasteiger partial charge on any atom is 0.137 e. The van der Waals surface area contributed by atoms with Gasteiger partial charge in [-0.05, 0) is 37.0 Å². The van der Waals surface area contributed by atoms with Crippen LogP contribution < -0.4 is 10.5 Å². The van der Waals surface area contributed by atoms with Crippen LogP contribution in [0.5, 0.6) is 5.75 Å². The van der Waals surface area contributed by atoms with Crippen molar-refractivity contribution in [2.75, 3.05) is 6.61 Å². The van der Waals surface area contributed by atoms with Crippen molar-refractivity contribution in [3.05, 3.63) is 28.8 Å². The number of hydrogen-bond acceptors (Lipinski definition) is 2. The van der Waals surface area contributed by atoms with Crippen molar-refractivity contribution >= 4 is 11.6 Å². The van der Waals surface area contributed by atoms with Crippen molar-refractivity contribution in [3.8, 4) is 5.75 Å². The Bertz CT molecular complexity index is 374. The van der Waals surface area contributed by atoms with Gasteiger partial charge in [-0.25, -0.2) is 0 Å².